The Morgan fingerprint density at radius 1 is 1.24 bits per heavy atom. The minimum Gasteiger partial charge on any atom is -0.506 e. The Hall–Kier alpha value is -2.76. The lowest BCUT2D eigenvalue weighted by Gasteiger charge is -2.06. The number of hydrogen-bond acceptors (Lipinski definition) is 4. The summed E-state index contributed by atoms with van der Waals surface area (Å²) in [6.07, 6.45) is 0.641. The fourth-order valence-electron chi connectivity index (χ4n) is 1.77. The number of nitrogens with zero attached hydrogens (tertiary/aromatic N) is 1. The van der Waals surface area contributed by atoms with Crippen molar-refractivity contribution in [2.75, 3.05) is 0 Å². The zero-order chi connectivity index (χ0) is 16.3. The molecule has 0 fully saturated rings. The van der Waals surface area contributed by atoms with E-state index in [0.717, 1.165) is 6.07 Å². The number of rotatable bonds is 5. The van der Waals surface area contributed by atoms with Gasteiger partial charge in [-0.25, -0.2) is 9.37 Å². The summed E-state index contributed by atoms with van der Waals surface area (Å²) in [4.78, 5) is 26.0. The van der Waals surface area contributed by atoms with Gasteiger partial charge >= 0.3 is 5.97 Å². The van der Waals surface area contributed by atoms with Crippen LogP contribution in [0.4, 0.5) is 4.39 Å². The Bertz CT molecular complexity index is 728. The second kappa shape index (κ2) is 6.13. The average Bonchev–Trinajstić information content (AvgIpc) is 2.43. The fraction of sp³-hybridized carbons (Fsp3) is 0.133. The molecule has 0 aliphatic heterocycles. The number of carboxylic acids is 1. The third-order valence-electron chi connectivity index (χ3n) is 2.78. The Balaban J connectivity index is 2.29. The molecule has 2 aromatic rings. The molecule has 0 unspecified atom stereocenters. The van der Waals surface area contributed by atoms with Crippen LogP contribution in [0.25, 0.3) is 11.1 Å². The molecule has 1 heterocycles. The van der Waals surface area contributed by atoms with Crippen molar-refractivity contribution >= 4 is 11.8 Å². The van der Waals surface area contributed by atoms with Gasteiger partial charge in [-0.1, -0.05) is 12.1 Å². The molecule has 108 valence electrons. The largest absolute Gasteiger partial charge is 0.506 e. The summed E-state index contributed by atoms with van der Waals surface area (Å²) in [6, 6.07) is 4.82. The number of carboxylic acid groups (broad SMARTS) is 1. The molecule has 1 aromatic carbocycles. The van der Waals surface area contributed by atoms with Crippen LogP contribution in [-0.4, -0.2) is 26.9 Å². The van der Waals surface area contributed by atoms with E-state index in [1.165, 1.54) is 24.4 Å². The lowest BCUT2D eigenvalue weighted by atomic mass is 10.1. The van der Waals surface area contributed by atoms with Crippen LogP contribution in [0.2, 0.25) is 0 Å². The molecule has 0 amide bonds. The van der Waals surface area contributed by atoms with Crippen LogP contribution in [0, 0.1) is 5.82 Å². The molecule has 2 rings (SSSR count). The Kier molecular flexibility index (Phi) is 3.86. The number of ketones is 1. The van der Waals surface area contributed by atoms with Gasteiger partial charge < -0.3 is 10.2 Å². The van der Waals surface area contributed by atoms with Crippen LogP contribution in [0.1, 0.15) is 24.7 Å². The minimum absolute atomic E-state index is 0.0314. The number of benzene rings is 1. The summed E-state index contributed by atoms with van der Waals surface area (Å²) in [5, 5.41) is 18.4. The van der Waals surface area contributed by atoms with Gasteiger partial charge in [0.15, 0.2) is 5.78 Å². The molecular formula is C15H12FNO4. The predicted molar refractivity (Wildman–Crippen MR) is 72.5 cm³/mol. The topological polar surface area (TPSA) is 87.5 Å². The molecular weight excluding hydrogens is 277 g/mol. The number of Topliss-reactive ketones (excluding diaryl/α,β-unsaturated/α-hetero) is 1. The molecule has 2 N–H and O–H groups in total. The highest BCUT2D eigenvalue weighted by atomic mass is 19.1. The van der Waals surface area contributed by atoms with E-state index in [1.54, 1.807) is 0 Å². The van der Waals surface area contributed by atoms with E-state index in [2.05, 4.69) is 4.98 Å². The van der Waals surface area contributed by atoms with Crippen LogP contribution in [0.15, 0.2) is 36.5 Å². The number of halogens is 1. The van der Waals surface area contributed by atoms with Crippen LogP contribution in [0.5, 0.6) is 5.75 Å². The standard InChI is InChI=1S/C15H12FNO4/c16-11-3-1-2-9(6-11)10-7-13(19)15(17-8-10)12(18)4-5-14(20)21/h1-3,6-8,19H,4-5H2,(H,20,21)/i1D. The Morgan fingerprint density at radius 3 is 2.62 bits per heavy atom. The van der Waals surface area contributed by atoms with E-state index in [-0.39, 0.29) is 24.6 Å². The van der Waals surface area contributed by atoms with Gasteiger partial charge in [0.1, 0.15) is 17.3 Å². The summed E-state index contributed by atoms with van der Waals surface area (Å²) < 4.78 is 20.7. The number of aromatic hydroxyl groups is 1. The van der Waals surface area contributed by atoms with Crippen LogP contribution >= 0.6 is 0 Å². The molecule has 6 heteroatoms. The smallest absolute Gasteiger partial charge is 0.303 e. The third-order valence-corrected chi connectivity index (χ3v) is 2.78. The second-order valence-electron chi connectivity index (χ2n) is 4.35. The van der Waals surface area contributed by atoms with Crippen molar-refractivity contribution in [1.82, 2.24) is 4.98 Å². The van der Waals surface area contributed by atoms with Gasteiger partial charge in [0.2, 0.25) is 0 Å². The first kappa shape index (κ1) is 13.2. The maximum absolute atomic E-state index is 13.3. The number of pyridine rings is 1. The number of aliphatic carboxylic acids is 1. The van der Waals surface area contributed by atoms with Gasteiger partial charge in [-0.2, -0.15) is 0 Å². The molecule has 1 aromatic heterocycles. The SMILES string of the molecule is [2H]c1cc(F)cc(-c2cnc(C(=O)CCC(=O)O)c(O)c2)c1. The summed E-state index contributed by atoms with van der Waals surface area (Å²) >= 11 is 0. The monoisotopic (exact) mass is 290 g/mol. The normalized spacial score (nSPS) is 11.0. The molecule has 0 saturated carbocycles. The predicted octanol–water partition coefficient (Wildman–Crippen LogP) is 2.64. The zero-order valence-corrected chi connectivity index (χ0v) is 10.8. The van der Waals surface area contributed by atoms with Gasteiger partial charge in [-0.05, 0) is 23.8 Å². The molecule has 0 saturated heterocycles. The molecule has 5 nitrogen and oxygen atoms in total. The van der Waals surface area contributed by atoms with Crippen molar-refractivity contribution < 1.29 is 25.6 Å². The number of aromatic nitrogens is 1. The summed E-state index contributed by atoms with van der Waals surface area (Å²) in [5.41, 5.74) is 0.463. The minimum atomic E-state index is -1.12. The summed E-state index contributed by atoms with van der Waals surface area (Å²) in [7, 11) is 0. The van der Waals surface area contributed by atoms with Gasteiger partial charge in [-0.15, -0.1) is 0 Å². The third kappa shape index (κ3) is 3.62. The van der Waals surface area contributed by atoms with E-state index < -0.39 is 23.3 Å². The van der Waals surface area contributed by atoms with Crippen molar-refractivity contribution in [2.45, 2.75) is 12.8 Å². The molecule has 0 spiro atoms. The Morgan fingerprint density at radius 2 is 2.00 bits per heavy atom. The van der Waals surface area contributed by atoms with Gasteiger partial charge in [0, 0.05) is 18.2 Å². The molecule has 0 radical (unpaired) electrons. The first-order valence-electron chi connectivity index (χ1n) is 6.58. The van der Waals surface area contributed by atoms with Crippen molar-refractivity contribution in [3.63, 3.8) is 0 Å². The van der Waals surface area contributed by atoms with Crippen molar-refractivity contribution in [1.29, 1.82) is 0 Å². The highest BCUT2D eigenvalue weighted by Gasteiger charge is 2.15. The fourth-order valence-corrected chi connectivity index (χ4v) is 1.77. The number of carbonyl (C=O) groups excluding carboxylic acids is 1. The quantitative estimate of drug-likeness (QED) is 0.826. The average molecular weight is 290 g/mol. The molecule has 21 heavy (non-hydrogen) atoms. The van der Waals surface area contributed by atoms with Gasteiger partial charge in [0.25, 0.3) is 0 Å². The highest BCUT2D eigenvalue weighted by Crippen LogP contribution is 2.26. The second-order valence-corrected chi connectivity index (χ2v) is 4.35. The maximum atomic E-state index is 13.3. The summed E-state index contributed by atoms with van der Waals surface area (Å²) in [6.45, 7) is 0. The van der Waals surface area contributed by atoms with E-state index >= 15 is 0 Å². The van der Waals surface area contributed by atoms with Gasteiger partial charge in [0.05, 0.1) is 7.79 Å². The van der Waals surface area contributed by atoms with Crippen molar-refractivity contribution in [3.8, 4) is 16.9 Å². The van der Waals surface area contributed by atoms with E-state index in [4.69, 9.17) is 6.48 Å². The first-order valence-corrected chi connectivity index (χ1v) is 6.08. The van der Waals surface area contributed by atoms with E-state index in [9.17, 15) is 19.1 Å². The number of hydrogen-bond donors (Lipinski definition) is 2. The number of carbonyl (C=O) groups is 2. The summed E-state index contributed by atoms with van der Waals surface area (Å²) in [5.74, 6) is -2.72. The molecule has 0 aliphatic rings. The van der Waals surface area contributed by atoms with Crippen LogP contribution in [0.3, 0.4) is 0 Å². The van der Waals surface area contributed by atoms with Crippen LogP contribution in [-0.2, 0) is 4.79 Å². The maximum Gasteiger partial charge on any atom is 0.303 e. The lowest BCUT2D eigenvalue weighted by Crippen LogP contribution is -2.06. The van der Waals surface area contributed by atoms with E-state index in [0.29, 0.717) is 11.1 Å². The first-order chi connectivity index (χ1) is 10.4. The molecule has 0 bridgehead atoms. The van der Waals surface area contributed by atoms with Crippen molar-refractivity contribution in [3.05, 3.63) is 48.0 Å². The Labute approximate surface area is 121 Å². The zero-order valence-electron chi connectivity index (χ0n) is 11.8. The highest BCUT2D eigenvalue weighted by molar-refractivity contribution is 5.98. The van der Waals surface area contributed by atoms with E-state index in [1.807, 2.05) is 0 Å². The molecule has 0 aliphatic carbocycles. The molecule has 0 atom stereocenters. The van der Waals surface area contributed by atoms with Gasteiger partial charge in [-0.3, -0.25) is 9.59 Å². The van der Waals surface area contributed by atoms with Crippen LogP contribution < -0.4 is 0 Å². The lowest BCUT2D eigenvalue weighted by molar-refractivity contribution is -0.136. The van der Waals surface area contributed by atoms with Crippen molar-refractivity contribution in [2.24, 2.45) is 0 Å².